The molecule has 2 aliphatic heterocycles. The summed E-state index contributed by atoms with van der Waals surface area (Å²) in [5.74, 6) is -0.876. The Morgan fingerprint density at radius 1 is 1.31 bits per heavy atom. The van der Waals surface area contributed by atoms with Gasteiger partial charge >= 0.3 is 0 Å². The molecular formula is C25H29FN4O4S. The van der Waals surface area contributed by atoms with E-state index in [2.05, 4.69) is 10.3 Å². The Kier molecular flexibility index (Phi) is 7.16. The molecule has 8 nitrogen and oxygen atoms in total. The summed E-state index contributed by atoms with van der Waals surface area (Å²) < 4.78 is 20.4. The maximum atomic E-state index is 14.9. The van der Waals surface area contributed by atoms with Crippen LogP contribution in [0.4, 0.5) is 10.2 Å². The number of benzene rings is 1. The van der Waals surface area contributed by atoms with Crippen LogP contribution in [0, 0.1) is 5.82 Å². The molecule has 1 saturated heterocycles. The monoisotopic (exact) mass is 500 g/mol. The van der Waals surface area contributed by atoms with Gasteiger partial charge in [-0.05, 0) is 51.0 Å². The van der Waals surface area contributed by atoms with Gasteiger partial charge in [-0.25, -0.2) is 9.37 Å². The van der Waals surface area contributed by atoms with Crippen molar-refractivity contribution in [3.63, 3.8) is 0 Å². The van der Waals surface area contributed by atoms with E-state index < -0.39 is 17.3 Å². The first-order valence-electron chi connectivity index (χ1n) is 11.4. The van der Waals surface area contributed by atoms with Gasteiger partial charge < -0.3 is 25.8 Å². The molecule has 1 aromatic heterocycles. The van der Waals surface area contributed by atoms with Gasteiger partial charge in [0.2, 0.25) is 5.91 Å². The zero-order valence-corrected chi connectivity index (χ0v) is 20.7. The Balaban J connectivity index is 1.53. The van der Waals surface area contributed by atoms with Crippen LogP contribution < -0.4 is 11.1 Å². The molecule has 3 heterocycles. The van der Waals surface area contributed by atoms with Gasteiger partial charge in [-0.2, -0.15) is 0 Å². The third-order valence-electron chi connectivity index (χ3n) is 6.01. The zero-order valence-electron chi connectivity index (χ0n) is 19.9. The molecule has 0 bridgehead atoms. The number of hydrogen-bond donors (Lipinski definition) is 3. The minimum atomic E-state index is -1.17. The Hall–Kier alpha value is -2.95. The van der Waals surface area contributed by atoms with Crippen molar-refractivity contribution in [2.75, 3.05) is 25.0 Å². The molecule has 1 fully saturated rings. The predicted molar refractivity (Wildman–Crippen MR) is 132 cm³/mol. The van der Waals surface area contributed by atoms with Crippen molar-refractivity contribution in [1.82, 2.24) is 9.88 Å². The van der Waals surface area contributed by atoms with Crippen LogP contribution in [0.3, 0.4) is 0 Å². The molecule has 1 unspecified atom stereocenters. The highest BCUT2D eigenvalue weighted by Crippen LogP contribution is 2.48. The van der Waals surface area contributed by atoms with Crippen LogP contribution in [-0.2, 0) is 15.1 Å². The molecule has 2 amide bonds. The van der Waals surface area contributed by atoms with Gasteiger partial charge in [-0.1, -0.05) is 30.0 Å². The summed E-state index contributed by atoms with van der Waals surface area (Å²) in [6.45, 7) is 6.56. The Morgan fingerprint density at radius 2 is 2.09 bits per heavy atom. The van der Waals surface area contributed by atoms with E-state index in [0.717, 1.165) is 0 Å². The molecule has 186 valence electrons. The van der Waals surface area contributed by atoms with Crippen LogP contribution in [0.5, 0.6) is 0 Å². The molecule has 2 atom stereocenters. The lowest BCUT2D eigenvalue weighted by molar-refractivity contribution is -0.114. The van der Waals surface area contributed by atoms with E-state index in [4.69, 9.17) is 10.5 Å². The van der Waals surface area contributed by atoms with E-state index in [0.29, 0.717) is 47.2 Å². The first-order valence-corrected chi connectivity index (χ1v) is 12.3. The third kappa shape index (κ3) is 5.66. The molecule has 4 N–H and O–H groups in total. The summed E-state index contributed by atoms with van der Waals surface area (Å²) >= 11 is 1.28. The fourth-order valence-electron chi connectivity index (χ4n) is 4.10. The van der Waals surface area contributed by atoms with E-state index in [-0.39, 0.29) is 29.4 Å². The van der Waals surface area contributed by atoms with E-state index in [1.54, 1.807) is 49.1 Å². The van der Waals surface area contributed by atoms with Crippen LogP contribution in [0.1, 0.15) is 54.1 Å². The highest BCUT2D eigenvalue weighted by molar-refractivity contribution is 8.03. The van der Waals surface area contributed by atoms with Crippen molar-refractivity contribution in [1.29, 1.82) is 0 Å². The zero-order chi connectivity index (χ0) is 25.3. The molecule has 0 saturated carbocycles. The number of nitrogens with one attached hydrogen (secondary N) is 1. The number of nitrogens with two attached hydrogens (primary N) is 1. The van der Waals surface area contributed by atoms with Crippen LogP contribution in [0.2, 0.25) is 0 Å². The Labute approximate surface area is 207 Å². The first kappa shape index (κ1) is 25.2. The number of carbonyl (C=O) groups excluding carboxylic acids is 2. The van der Waals surface area contributed by atoms with Crippen LogP contribution in [0.25, 0.3) is 0 Å². The third-order valence-corrected chi connectivity index (χ3v) is 7.30. The van der Waals surface area contributed by atoms with Gasteiger partial charge in [0.25, 0.3) is 5.91 Å². The molecule has 2 aromatic rings. The summed E-state index contributed by atoms with van der Waals surface area (Å²) in [5.41, 5.74) is 5.94. The number of rotatable bonds is 6. The molecule has 2 aliphatic rings. The lowest BCUT2D eigenvalue weighted by Gasteiger charge is -2.30. The summed E-state index contributed by atoms with van der Waals surface area (Å²) in [6, 6.07) is 9.66. The molecule has 0 radical (unpaired) electrons. The highest BCUT2D eigenvalue weighted by Gasteiger charge is 2.32. The minimum absolute atomic E-state index is 0.0398. The average molecular weight is 501 g/mol. The first-order chi connectivity index (χ1) is 16.5. The number of thioether (sulfide) groups is 1. The number of nitrogens with zero attached hydrogens (tertiary/aromatic N) is 2. The lowest BCUT2D eigenvalue weighted by atomic mass is 9.95. The maximum Gasteiger partial charge on any atom is 0.272 e. The number of halogens is 1. The topological polar surface area (TPSA) is 118 Å². The normalized spacial score (nSPS) is 20.8. The number of anilines is 1. The molecule has 1 aromatic carbocycles. The summed E-state index contributed by atoms with van der Waals surface area (Å²) in [6.07, 6.45) is 0.202. The number of ether oxygens (including phenoxy) is 1. The summed E-state index contributed by atoms with van der Waals surface area (Å²) in [4.78, 5) is 31.2. The smallest absolute Gasteiger partial charge is 0.272 e. The molecule has 35 heavy (non-hydrogen) atoms. The summed E-state index contributed by atoms with van der Waals surface area (Å²) in [7, 11) is 0. The summed E-state index contributed by atoms with van der Waals surface area (Å²) in [5, 5.41) is 13.4. The molecular weight excluding hydrogens is 471 g/mol. The number of primary amides is 1. The van der Waals surface area contributed by atoms with E-state index >= 15 is 0 Å². The molecule has 4 rings (SSSR count). The van der Waals surface area contributed by atoms with Crippen LogP contribution in [-0.4, -0.2) is 52.6 Å². The second-order valence-corrected chi connectivity index (χ2v) is 10.5. The van der Waals surface area contributed by atoms with Gasteiger partial charge in [0, 0.05) is 29.5 Å². The van der Waals surface area contributed by atoms with Crippen molar-refractivity contribution >= 4 is 29.4 Å². The van der Waals surface area contributed by atoms with Gasteiger partial charge in [-0.3, -0.25) is 9.59 Å². The number of carbonyl (C=O) groups is 2. The average Bonchev–Trinajstić information content (AvgIpc) is 3.22. The van der Waals surface area contributed by atoms with Gasteiger partial charge in [0.15, 0.2) is 0 Å². The lowest BCUT2D eigenvalue weighted by Crippen LogP contribution is -2.44. The van der Waals surface area contributed by atoms with Crippen molar-refractivity contribution in [2.45, 2.75) is 44.1 Å². The number of hydrogen-bond acceptors (Lipinski definition) is 7. The molecule has 0 aliphatic carbocycles. The van der Waals surface area contributed by atoms with Gasteiger partial charge in [-0.15, -0.1) is 0 Å². The number of aliphatic hydroxyl groups is 1. The SMILES string of the molecule is C[C@H]1CN(C(=O)c2cccc(NC3=C(C(N)=O)CC(c4ccc(C(C)(C)O)cc4F)S3)n2)CCO1. The number of morpholine rings is 1. The predicted octanol–water partition coefficient (Wildman–Crippen LogP) is 3.30. The maximum absolute atomic E-state index is 14.9. The van der Waals surface area contributed by atoms with Crippen molar-refractivity contribution in [2.24, 2.45) is 5.73 Å². The van der Waals surface area contributed by atoms with Crippen molar-refractivity contribution in [3.8, 4) is 0 Å². The van der Waals surface area contributed by atoms with Crippen LogP contribution in [0.15, 0.2) is 47.0 Å². The number of aromatic nitrogens is 1. The van der Waals surface area contributed by atoms with E-state index in [9.17, 15) is 19.1 Å². The van der Waals surface area contributed by atoms with Crippen molar-refractivity contribution in [3.05, 3.63) is 69.6 Å². The molecule has 0 spiro atoms. The molecule has 10 heteroatoms. The largest absolute Gasteiger partial charge is 0.386 e. The quantitative estimate of drug-likeness (QED) is 0.557. The second-order valence-electron chi connectivity index (χ2n) is 9.24. The number of amides is 2. The van der Waals surface area contributed by atoms with Gasteiger partial charge in [0.05, 0.1) is 23.3 Å². The van der Waals surface area contributed by atoms with Crippen molar-refractivity contribution < 1.29 is 23.8 Å². The second kappa shape index (κ2) is 9.96. The number of pyridine rings is 1. The van der Waals surface area contributed by atoms with E-state index in [1.165, 1.54) is 17.8 Å². The Morgan fingerprint density at radius 3 is 2.74 bits per heavy atom. The fraction of sp³-hybridized carbons (Fsp3) is 0.400. The van der Waals surface area contributed by atoms with Crippen LogP contribution >= 0.6 is 11.8 Å². The Bertz CT molecular complexity index is 1180. The highest BCUT2D eigenvalue weighted by atomic mass is 32.2. The van der Waals surface area contributed by atoms with E-state index in [1.807, 2.05) is 6.92 Å². The fourth-order valence-corrected chi connectivity index (χ4v) is 5.44. The van der Waals surface area contributed by atoms with Gasteiger partial charge in [0.1, 0.15) is 17.3 Å². The minimum Gasteiger partial charge on any atom is -0.386 e. The standard InChI is InChI=1S/C25H29FN4O4S/c1-14-13-30(9-10-34-14)24(32)19-5-4-6-21(28-19)29-23-17(22(27)31)12-20(35-23)16-8-7-15(11-18(16)26)25(2,3)33/h4-8,11,14,20,33H,9-10,12-13H2,1-3H3,(H2,27,31)(H,28,29)/t14-,20?/m0/s1.